The van der Waals surface area contributed by atoms with Gasteiger partial charge in [0.15, 0.2) is 6.29 Å². The summed E-state index contributed by atoms with van der Waals surface area (Å²) in [7, 11) is 3.91. The zero-order valence-corrected chi connectivity index (χ0v) is 5.16. The molecule has 1 aliphatic rings. The molecule has 2 atom stereocenters. The molecule has 0 aliphatic carbocycles. The molecule has 48 valence electrons. The van der Waals surface area contributed by atoms with Gasteiger partial charge in [-0.3, -0.25) is 0 Å². The van der Waals surface area contributed by atoms with Crippen LogP contribution in [0.4, 0.5) is 0 Å². The summed E-state index contributed by atoms with van der Waals surface area (Å²) in [5.74, 6) is 0. The SMILES string of the molecule is CN(C)CC1OC1O. The summed E-state index contributed by atoms with van der Waals surface area (Å²) >= 11 is 0. The third-order valence-electron chi connectivity index (χ3n) is 1.10. The second kappa shape index (κ2) is 2.01. The van der Waals surface area contributed by atoms with E-state index in [1.165, 1.54) is 0 Å². The van der Waals surface area contributed by atoms with Crippen LogP contribution in [0, 0.1) is 0 Å². The number of aliphatic hydroxyl groups is 1. The van der Waals surface area contributed by atoms with E-state index in [1.54, 1.807) is 0 Å². The Balaban J connectivity index is 2.05. The van der Waals surface area contributed by atoms with Crippen molar-refractivity contribution in [2.45, 2.75) is 12.4 Å². The molecule has 2 unspecified atom stereocenters. The summed E-state index contributed by atoms with van der Waals surface area (Å²) in [6.07, 6.45) is -0.414. The van der Waals surface area contributed by atoms with E-state index in [9.17, 15) is 0 Å². The number of likely N-dealkylation sites (N-methyl/N-ethyl adjacent to an activating group) is 1. The van der Waals surface area contributed by atoms with Gasteiger partial charge in [0.2, 0.25) is 0 Å². The molecule has 0 spiro atoms. The Hall–Kier alpha value is -0.120. The van der Waals surface area contributed by atoms with Crippen LogP contribution in [0.1, 0.15) is 0 Å². The molecule has 8 heavy (non-hydrogen) atoms. The second-order valence-electron chi connectivity index (χ2n) is 2.33. The molecule has 1 heterocycles. The lowest BCUT2D eigenvalue weighted by Crippen LogP contribution is -2.18. The minimum atomic E-state index is -0.489. The zero-order valence-electron chi connectivity index (χ0n) is 5.16. The first-order chi connectivity index (χ1) is 3.70. The van der Waals surface area contributed by atoms with E-state index in [2.05, 4.69) is 0 Å². The van der Waals surface area contributed by atoms with E-state index in [0.29, 0.717) is 0 Å². The number of aliphatic hydroxyl groups excluding tert-OH is 1. The average Bonchev–Trinajstić information content (AvgIpc) is 2.17. The van der Waals surface area contributed by atoms with E-state index in [0.717, 1.165) is 6.54 Å². The normalized spacial score (nSPS) is 36.0. The molecule has 3 nitrogen and oxygen atoms in total. The Morgan fingerprint density at radius 1 is 1.62 bits per heavy atom. The Labute approximate surface area is 48.9 Å². The van der Waals surface area contributed by atoms with E-state index < -0.39 is 6.29 Å². The van der Waals surface area contributed by atoms with Crippen molar-refractivity contribution in [1.29, 1.82) is 0 Å². The smallest absolute Gasteiger partial charge is 0.183 e. The van der Waals surface area contributed by atoms with Crippen LogP contribution in [0.2, 0.25) is 0 Å². The van der Waals surface area contributed by atoms with Crippen molar-refractivity contribution in [1.82, 2.24) is 4.90 Å². The molecule has 1 saturated heterocycles. The van der Waals surface area contributed by atoms with Crippen molar-refractivity contribution in [3.05, 3.63) is 0 Å². The molecule has 0 saturated carbocycles. The van der Waals surface area contributed by atoms with Gasteiger partial charge in [-0.15, -0.1) is 0 Å². The van der Waals surface area contributed by atoms with Crippen LogP contribution in [0.25, 0.3) is 0 Å². The Morgan fingerprint density at radius 3 is 2.25 bits per heavy atom. The lowest BCUT2D eigenvalue weighted by atomic mass is 10.4. The van der Waals surface area contributed by atoms with Crippen LogP contribution in [-0.2, 0) is 4.74 Å². The summed E-state index contributed by atoms with van der Waals surface area (Å²) < 4.78 is 4.74. The maximum atomic E-state index is 8.63. The Morgan fingerprint density at radius 2 is 2.12 bits per heavy atom. The quantitative estimate of drug-likeness (QED) is 0.484. The van der Waals surface area contributed by atoms with Gasteiger partial charge in [0.05, 0.1) is 0 Å². The van der Waals surface area contributed by atoms with Gasteiger partial charge in [0, 0.05) is 6.54 Å². The van der Waals surface area contributed by atoms with Crippen LogP contribution in [0.15, 0.2) is 0 Å². The summed E-state index contributed by atoms with van der Waals surface area (Å²) in [5, 5.41) is 8.63. The summed E-state index contributed by atoms with van der Waals surface area (Å²) in [5.41, 5.74) is 0. The third-order valence-corrected chi connectivity index (χ3v) is 1.10. The molecule has 0 aromatic rings. The monoisotopic (exact) mass is 117 g/mol. The van der Waals surface area contributed by atoms with Gasteiger partial charge in [-0.2, -0.15) is 0 Å². The number of nitrogens with zero attached hydrogens (tertiary/aromatic N) is 1. The van der Waals surface area contributed by atoms with Crippen molar-refractivity contribution in [3.8, 4) is 0 Å². The van der Waals surface area contributed by atoms with Crippen molar-refractivity contribution in [2.75, 3.05) is 20.6 Å². The summed E-state index contributed by atoms with van der Waals surface area (Å²) in [6.45, 7) is 0.821. The fraction of sp³-hybridized carbons (Fsp3) is 1.00. The number of rotatable bonds is 2. The Bertz CT molecular complexity index is 84.5. The molecule has 0 amide bonds. The van der Waals surface area contributed by atoms with Crippen LogP contribution in [0.3, 0.4) is 0 Å². The highest BCUT2D eigenvalue weighted by Gasteiger charge is 2.36. The fourth-order valence-electron chi connectivity index (χ4n) is 0.627. The van der Waals surface area contributed by atoms with Crippen molar-refractivity contribution >= 4 is 0 Å². The van der Waals surface area contributed by atoms with Crippen molar-refractivity contribution in [3.63, 3.8) is 0 Å². The first-order valence-corrected chi connectivity index (χ1v) is 2.68. The lowest BCUT2D eigenvalue weighted by Gasteiger charge is -2.03. The molecule has 1 fully saturated rings. The molecule has 0 radical (unpaired) electrons. The minimum Gasteiger partial charge on any atom is -0.366 e. The zero-order chi connectivity index (χ0) is 6.15. The molecule has 0 aromatic heterocycles. The standard InChI is InChI=1S/C5H11NO2/c1-6(2)3-4-5(7)8-4/h4-5,7H,3H2,1-2H3. The van der Waals surface area contributed by atoms with E-state index in [4.69, 9.17) is 9.84 Å². The third kappa shape index (κ3) is 1.43. The maximum Gasteiger partial charge on any atom is 0.183 e. The lowest BCUT2D eigenvalue weighted by molar-refractivity contribution is 0.155. The van der Waals surface area contributed by atoms with Gasteiger partial charge in [0.25, 0.3) is 0 Å². The fourth-order valence-corrected chi connectivity index (χ4v) is 0.627. The van der Waals surface area contributed by atoms with Gasteiger partial charge in [0.1, 0.15) is 6.10 Å². The molecule has 1 aliphatic heterocycles. The highest BCUT2D eigenvalue weighted by molar-refractivity contribution is 4.76. The minimum absolute atomic E-state index is 0.0741. The molecular formula is C5H11NO2. The van der Waals surface area contributed by atoms with Crippen LogP contribution >= 0.6 is 0 Å². The maximum absolute atomic E-state index is 8.63. The molecule has 1 N–H and O–H groups in total. The summed E-state index contributed by atoms with van der Waals surface area (Å²) in [4.78, 5) is 1.99. The van der Waals surface area contributed by atoms with E-state index in [-0.39, 0.29) is 6.10 Å². The number of epoxide rings is 1. The average molecular weight is 117 g/mol. The highest BCUT2D eigenvalue weighted by atomic mass is 16.7. The molecule has 3 heteroatoms. The molecular weight excluding hydrogens is 106 g/mol. The topological polar surface area (TPSA) is 36.0 Å². The van der Waals surface area contributed by atoms with Gasteiger partial charge in [-0.05, 0) is 14.1 Å². The highest BCUT2D eigenvalue weighted by Crippen LogP contribution is 2.18. The summed E-state index contributed by atoms with van der Waals surface area (Å²) in [6, 6.07) is 0. The predicted octanol–water partition coefficient (Wildman–Crippen LogP) is -0.735. The van der Waals surface area contributed by atoms with Crippen molar-refractivity contribution < 1.29 is 9.84 Å². The first kappa shape index (κ1) is 6.01. The van der Waals surface area contributed by atoms with Gasteiger partial charge >= 0.3 is 0 Å². The largest absolute Gasteiger partial charge is 0.366 e. The second-order valence-corrected chi connectivity index (χ2v) is 2.33. The van der Waals surface area contributed by atoms with E-state index in [1.807, 2.05) is 19.0 Å². The number of ether oxygens (including phenoxy) is 1. The molecule has 0 aromatic carbocycles. The van der Waals surface area contributed by atoms with Crippen LogP contribution in [0.5, 0.6) is 0 Å². The number of hydrogen-bond acceptors (Lipinski definition) is 3. The van der Waals surface area contributed by atoms with Gasteiger partial charge in [-0.1, -0.05) is 0 Å². The first-order valence-electron chi connectivity index (χ1n) is 2.68. The molecule has 0 bridgehead atoms. The van der Waals surface area contributed by atoms with Crippen molar-refractivity contribution in [2.24, 2.45) is 0 Å². The van der Waals surface area contributed by atoms with Crippen LogP contribution in [-0.4, -0.2) is 43.0 Å². The predicted molar refractivity (Wildman–Crippen MR) is 29.4 cm³/mol. The molecule has 1 rings (SSSR count). The Kier molecular flexibility index (Phi) is 1.51. The van der Waals surface area contributed by atoms with E-state index >= 15 is 0 Å². The van der Waals surface area contributed by atoms with Gasteiger partial charge in [-0.25, -0.2) is 0 Å². The van der Waals surface area contributed by atoms with Gasteiger partial charge < -0.3 is 14.7 Å². The van der Waals surface area contributed by atoms with Crippen LogP contribution < -0.4 is 0 Å². The number of hydrogen-bond donors (Lipinski definition) is 1.